The lowest BCUT2D eigenvalue weighted by Gasteiger charge is -2.38. The lowest BCUT2D eigenvalue weighted by molar-refractivity contribution is 0.0556. The number of fused-ring (bicyclic) bond motifs is 3. The fourth-order valence-corrected chi connectivity index (χ4v) is 7.71. The number of pyridine rings is 1. The second-order valence-electron chi connectivity index (χ2n) is 11.3. The van der Waals surface area contributed by atoms with Crippen molar-refractivity contribution in [2.75, 3.05) is 18.6 Å². The van der Waals surface area contributed by atoms with Gasteiger partial charge in [-0.25, -0.2) is 18.4 Å². The summed E-state index contributed by atoms with van der Waals surface area (Å²) in [6.45, 7) is 2.54. The molecule has 2 atom stereocenters. The summed E-state index contributed by atoms with van der Waals surface area (Å²) in [4.78, 5) is 28.7. The molecule has 2 unspecified atom stereocenters. The van der Waals surface area contributed by atoms with Gasteiger partial charge >= 0.3 is 0 Å². The molecule has 0 aliphatic carbocycles. The third kappa shape index (κ3) is 4.75. The minimum absolute atomic E-state index is 0.0111. The van der Waals surface area contributed by atoms with E-state index in [4.69, 9.17) is 15.5 Å². The maximum absolute atomic E-state index is 13.2. The lowest BCUT2D eigenvalue weighted by atomic mass is 9.87. The number of aromatic amines is 1. The van der Waals surface area contributed by atoms with Crippen molar-refractivity contribution in [3.63, 3.8) is 0 Å². The Kier molecular flexibility index (Phi) is 6.80. The molecule has 0 radical (unpaired) electrons. The number of nitrogens with zero attached hydrogens (tertiary/aromatic N) is 7. The van der Waals surface area contributed by atoms with Gasteiger partial charge in [0, 0.05) is 47.1 Å². The number of sulfone groups is 1. The Morgan fingerprint density at radius 3 is 2.39 bits per heavy atom. The van der Waals surface area contributed by atoms with Crippen molar-refractivity contribution in [3.05, 3.63) is 66.6 Å². The predicted octanol–water partition coefficient (Wildman–Crippen LogP) is 3.51. The van der Waals surface area contributed by atoms with Crippen molar-refractivity contribution >= 4 is 27.2 Å². The molecular formula is C30H31N9O4S. The second kappa shape index (κ2) is 10.7. The monoisotopic (exact) mass is 613 g/mol. The lowest BCUT2D eigenvalue weighted by Crippen LogP contribution is -2.46. The third-order valence-corrected chi connectivity index (χ3v) is 9.70. The van der Waals surface area contributed by atoms with Gasteiger partial charge in [0.05, 0.1) is 24.2 Å². The van der Waals surface area contributed by atoms with Crippen LogP contribution in [-0.2, 0) is 9.84 Å². The van der Waals surface area contributed by atoms with Crippen molar-refractivity contribution < 1.29 is 17.9 Å². The topological polar surface area (TPSA) is 174 Å². The Labute approximate surface area is 253 Å². The maximum atomic E-state index is 13.2. The number of benzene rings is 1. The number of H-pyrrole nitrogens is 1. The van der Waals surface area contributed by atoms with Crippen LogP contribution in [0.3, 0.4) is 0 Å². The quantitative estimate of drug-likeness (QED) is 0.276. The second-order valence-corrected chi connectivity index (χ2v) is 13.2. The molecule has 2 aliphatic heterocycles. The van der Waals surface area contributed by atoms with Crippen LogP contribution < -0.4 is 10.5 Å². The minimum Gasteiger partial charge on any atom is -0.494 e. The van der Waals surface area contributed by atoms with Crippen LogP contribution in [0.25, 0.3) is 28.0 Å². The van der Waals surface area contributed by atoms with Gasteiger partial charge in [-0.1, -0.05) is 6.07 Å². The van der Waals surface area contributed by atoms with Crippen molar-refractivity contribution in [1.29, 1.82) is 0 Å². The van der Waals surface area contributed by atoms with Crippen LogP contribution in [-0.4, -0.2) is 78.9 Å². The number of nitrogens with one attached hydrogen (secondary N) is 1. The largest absolute Gasteiger partial charge is 0.494 e. The van der Waals surface area contributed by atoms with Crippen LogP contribution in [0.1, 0.15) is 54.8 Å². The maximum Gasteiger partial charge on any atom is 0.291 e. The third-order valence-electron chi connectivity index (χ3n) is 8.54. The number of rotatable bonds is 7. The summed E-state index contributed by atoms with van der Waals surface area (Å²) in [5.41, 5.74) is 10.6. The number of hydrogen-bond acceptors (Lipinski definition) is 10. The first-order valence-corrected chi connectivity index (χ1v) is 16.4. The molecule has 44 heavy (non-hydrogen) atoms. The van der Waals surface area contributed by atoms with Gasteiger partial charge in [-0.3, -0.25) is 14.9 Å². The normalized spacial score (nSPS) is 19.9. The number of aromatic nitrogens is 7. The summed E-state index contributed by atoms with van der Waals surface area (Å²) in [7, 11) is -3.76. The van der Waals surface area contributed by atoms with Crippen LogP contribution in [0.15, 0.2) is 60.0 Å². The number of amides is 1. The molecular weight excluding hydrogens is 582 g/mol. The number of hydrogen-bond donors (Lipinski definition) is 2. The zero-order chi connectivity index (χ0) is 30.6. The molecule has 226 valence electrons. The summed E-state index contributed by atoms with van der Waals surface area (Å²) >= 11 is 0. The van der Waals surface area contributed by atoms with Crippen LogP contribution in [0.5, 0.6) is 5.75 Å². The van der Waals surface area contributed by atoms with Crippen molar-refractivity contribution in [2.45, 2.75) is 55.5 Å². The van der Waals surface area contributed by atoms with Crippen LogP contribution in [0.2, 0.25) is 0 Å². The molecule has 5 aromatic rings. The summed E-state index contributed by atoms with van der Waals surface area (Å²) < 4.78 is 33.1. The number of piperidine rings is 1. The fraction of sp³-hybridized carbons (Fsp3) is 0.333. The van der Waals surface area contributed by atoms with Gasteiger partial charge < -0.3 is 15.4 Å². The smallest absolute Gasteiger partial charge is 0.291 e. The van der Waals surface area contributed by atoms with E-state index in [2.05, 4.69) is 25.3 Å². The Morgan fingerprint density at radius 2 is 1.77 bits per heavy atom. The molecule has 2 fully saturated rings. The number of carbonyl (C=O) groups is 1. The van der Waals surface area contributed by atoms with E-state index in [-0.39, 0.29) is 40.4 Å². The van der Waals surface area contributed by atoms with Gasteiger partial charge in [0.25, 0.3) is 5.91 Å². The number of ether oxygens (including phenoxy) is 1. The first-order valence-electron chi connectivity index (χ1n) is 14.5. The molecule has 6 heterocycles. The van der Waals surface area contributed by atoms with Crippen LogP contribution in [0, 0.1) is 0 Å². The highest BCUT2D eigenvalue weighted by Crippen LogP contribution is 2.45. The van der Waals surface area contributed by atoms with Gasteiger partial charge in [0.2, 0.25) is 5.82 Å². The molecule has 13 nitrogen and oxygen atoms in total. The van der Waals surface area contributed by atoms with E-state index < -0.39 is 9.84 Å². The molecule has 0 saturated carbocycles. The van der Waals surface area contributed by atoms with E-state index in [0.29, 0.717) is 36.4 Å². The molecule has 4 aromatic heterocycles. The first kappa shape index (κ1) is 28.0. The van der Waals surface area contributed by atoms with E-state index in [9.17, 15) is 13.2 Å². The summed E-state index contributed by atoms with van der Waals surface area (Å²) in [5, 5.41) is 10.9. The minimum atomic E-state index is -3.76. The SMILES string of the molecule is CCOc1ccc(-c2ccc(-c3cnn4c(N)c(S(C)(=O)=O)c(C5CC6CCC(C5)N6C(=O)c5ncn[nH]5)nc34)cn2)cc1. The molecule has 2 saturated heterocycles. The molecule has 3 N–H and O–H groups in total. The summed E-state index contributed by atoms with van der Waals surface area (Å²) in [6.07, 6.45) is 8.58. The van der Waals surface area contributed by atoms with Gasteiger partial charge in [-0.15, -0.1) is 0 Å². The van der Waals surface area contributed by atoms with Gasteiger partial charge in [0.15, 0.2) is 15.5 Å². The number of nitrogen functional groups attached to an aromatic ring is 1. The number of carbonyl (C=O) groups excluding carboxylic acids is 1. The predicted molar refractivity (Wildman–Crippen MR) is 162 cm³/mol. The number of nitrogens with two attached hydrogens (primary N) is 1. The zero-order valence-electron chi connectivity index (χ0n) is 24.2. The van der Waals surface area contributed by atoms with E-state index in [1.807, 2.05) is 48.2 Å². The highest BCUT2D eigenvalue weighted by Gasteiger charge is 2.46. The molecule has 1 aromatic carbocycles. The van der Waals surface area contributed by atoms with E-state index >= 15 is 0 Å². The molecule has 7 rings (SSSR count). The Hall–Kier alpha value is -4.85. The van der Waals surface area contributed by atoms with Crippen LogP contribution in [0.4, 0.5) is 5.82 Å². The molecule has 1 amide bonds. The van der Waals surface area contributed by atoms with Gasteiger partial charge in [0.1, 0.15) is 22.8 Å². The Bertz CT molecular complexity index is 1940. The van der Waals surface area contributed by atoms with E-state index in [1.54, 1.807) is 12.4 Å². The first-order chi connectivity index (χ1) is 21.2. The molecule has 14 heteroatoms. The van der Waals surface area contributed by atoms with E-state index in [1.165, 1.54) is 10.8 Å². The summed E-state index contributed by atoms with van der Waals surface area (Å²) in [6, 6.07) is 11.4. The standard InChI is InChI=1S/C30H31N9O4S/c1-3-43-22-9-4-17(5-10-22)24-11-6-18(14-32-24)23-15-35-39-27(31)26(44(2,41)42)25(36-29(23)39)19-12-20-7-8-21(13-19)38(20)30(40)28-33-16-34-37-28/h4-6,9-11,14-16,19-21H,3,7-8,12-13,31H2,1-2H3,(H,33,34,37). The molecule has 0 spiro atoms. The Balaban J connectivity index is 1.24. The Morgan fingerprint density at radius 1 is 1.05 bits per heavy atom. The average Bonchev–Trinajstić information content (AvgIpc) is 3.75. The zero-order valence-corrected chi connectivity index (χ0v) is 25.0. The van der Waals surface area contributed by atoms with Crippen LogP contribution >= 0.6 is 0 Å². The average molecular weight is 614 g/mol. The molecule has 2 aliphatic rings. The summed E-state index contributed by atoms with van der Waals surface area (Å²) in [5.74, 6) is 0.606. The van der Waals surface area contributed by atoms with Gasteiger partial charge in [-0.2, -0.15) is 14.7 Å². The number of anilines is 1. The highest BCUT2D eigenvalue weighted by molar-refractivity contribution is 7.91. The van der Waals surface area contributed by atoms with E-state index in [0.717, 1.165) is 41.7 Å². The highest BCUT2D eigenvalue weighted by atomic mass is 32.2. The van der Waals surface area contributed by atoms with Crippen molar-refractivity contribution in [3.8, 4) is 28.1 Å². The fourth-order valence-electron chi connectivity index (χ4n) is 6.65. The molecule has 2 bridgehead atoms. The van der Waals surface area contributed by atoms with Crippen molar-refractivity contribution in [2.24, 2.45) is 0 Å². The van der Waals surface area contributed by atoms with Gasteiger partial charge in [-0.05, 0) is 62.9 Å². The van der Waals surface area contributed by atoms with Crippen molar-refractivity contribution in [1.82, 2.24) is 39.7 Å².